The number of carbonyl (C=O) groups is 1. The Hall–Kier alpha value is -1.11. The lowest BCUT2D eigenvalue weighted by Gasteiger charge is -2.19. The third-order valence-electron chi connectivity index (χ3n) is 2.26. The van der Waals surface area contributed by atoms with E-state index in [2.05, 4.69) is 32.6 Å². The van der Waals surface area contributed by atoms with E-state index in [0.29, 0.717) is 0 Å². The fourth-order valence-corrected chi connectivity index (χ4v) is 2.26. The zero-order chi connectivity index (χ0) is 13.3. The van der Waals surface area contributed by atoms with Crippen LogP contribution in [0.15, 0.2) is 18.3 Å². The minimum atomic E-state index is -0.446. The van der Waals surface area contributed by atoms with Gasteiger partial charge in [0.05, 0.1) is 10.1 Å². The highest BCUT2D eigenvalue weighted by Crippen LogP contribution is 2.17. The summed E-state index contributed by atoms with van der Waals surface area (Å²) in [6.07, 6.45) is 1.96. The van der Waals surface area contributed by atoms with Gasteiger partial charge < -0.3 is 9.72 Å². The summed E-state index contributed by atoms with van der Waals surface area (Å²) in [7, 11) is 0. The molecule has 2 heterocycles. The maximum atomic E-state index is 11.7. The van der Waals surface area contributed by atoms with Crippen molar-refractivity contribution in [2.45, 2.75) is 32.8 Å². The van der Waals surface area contributed by atoms with Crippen molar-refractivity contribution in [3.8, 4) is 0 Å². The second-order valence-corrected chi connectivity index (χ2v) is 6.32. The molecule has 0 unspecified atom stereocenters. The van der Waals surface area contributed by atoms with E-state index < -0.39 is 5.60 Å². The molecule has 0 aliphatic heterocycles. The van der Waals surface area contributed by atoms with E-state index in [1.54, 1.807) is 6.20 Å². The number of aromatic nitrogens is 2. The number of esters is 1. The maximum Gasteiger partial charge on any atom is 0.310 e. The predicted molar refractivity (Wildman–Crippen MR) is 78.4 cm³/mol. The fraction of sp³-hybridized carbons (Fsp3) is 0.385. The van der Waals surface area contributed by atoms with Gasteiger partial charge in [-0.05, 0) is 61.1 Å². The molecule has 2 aromatic heterocycles. The van der Waals surface area contributed by atoms with Crippen LogP contribution in [0.5, 0.6) is 0 Å². The van der Waals surface area contributed by atoms with Crippen LogP contribution in [-0.4, -0.2) is 21.5 Å². The Morgan fingerprint density at radius 3 is 2.83 bits per heavy atom. The van der Waals surface area contributed by atoms with E-state index in [1.165, 1.54) is 0 Å². The second-order valence-electron chi connectivity index (χ2n) is 5.16. The van der Waals surface area contributed by atoms with Gasteiger partial charge in [0.2, 0.25) is 0 Å². The van der Waals surface area contributed by atoms with E-state index in [4.69, 9.17) is 4.74 Å². The Morgan fingerprint density at radius 1 is 1.44 bits per heavy atom. The van der Waals surface area contributed by atoms with Crippen LogP contribution in [0.3, 0.4) is 0 Å². The summed E-state index contributed by atoms with van der Waals surface area (Å²) < 4.78 is 6.31. The third kappa shape index (κ3) is 3.44. The maximum absolute atomic E-state index is 11.7. The molecule has 0 spiro atoms. The van der Waals surface area contributed by atoms with Gasteiger partial charge in [0, 0.05) is 11.6 Å². The van der Waals surface area contributed by atoms with Crippen molar-refractivity contribution in [3.63, 3.8) is 0 Å². The average molecular weight is 358 g/mol. The number of halogens is 1. The Labute approximate surface area is 119 Å². The zero-order valence-corrected chi connectivity index (χ0v) is 12.7. The first-order valence-corrected chi connectivity index (χ1v) is 6.76. The summed E-state index contributed by atoms with van der Waals surface area (Å²) in [5.74, 6) is -0.228. The summed E-state index contributed by atoms with van der Waals surface area (Å²) >= 11 is 2.20. The van der Waals surface area contributed by atoms with E-state index in [-0.39, 0.29) is 12.4 Å². The van der Waals surface area contributed by atoms with E-state index in [9.17, 15) is 4.79 Å². The first-order chi connectivity index (χ1) is 8.33. The van der Waals surface area contributed by atoms with Crippen molar-refractivity contribution < 1.29 is 9.53 Å². The van der Waals surface area contributed by atoms with Crippen LogP contribution < -0.4 is 0 Å². The molecule has 0 amide bonds. The SMILES string of the molecule is CC(C)(C)OC(=O)Cc1cnc2[nH]c(I)cc2c1. The van der Waals surface area contributed by atoms with Gasteiger partial charge in [-0.15, -0.1) is 0 Å². The number of aromatic amines is 1. The molecule has 1 N–H and O–H groups in total. The van der Waals surface area contributed by atoms with E-state index >= 15 is 0 Å². The van der Waals surface area contributed by atoms with Crippen LogP contribution in [0, 0.1) is 3.70 Å². The van der Waals surface area contributed by atoms with Crippen LogP contribution in [0.4, 0.5) is 0 Å². The van der Waals surface area contributed by atoms with Crippen LogP contribution in [0.2, 0.25) is 0 Å². The molecule has 0 aliphatic carbocycles. The highest BCUT2D eigenvalue weighted by atomic mass is 127. The van der Waals surface area contributed by atoms with Crippen molar-refractivity contribution in [1.82, 2.24) is 9.97 Å². The van der Waals surface area contributed by atoms with Crippen LogP contribution >= 0.6 is 22.6 Å². The number of hydrogen-bond acceptors (Lipinski definition) is 3. The van der Waals surface area contributed by atoms with Crippen molar-refractivity contribution in [1.29, 1.82) is 0 Å². The molecular weight excluding hydrogens is 343 g/mol. The molecule has 0 radical (unpaired) electrons. The smallest absolute Gasteiger partial charge is 0.310 e. The first-order valence-electron chi connectivity index (χ1n) is 5.68. The number of H-pyrrole nitrogens is 1. The Morgan fingerprint density at radius 2 is 2.17 bits per heavy atom. The van der Waals surface area contributed by atoms with Crippen molar-refractivity contribution in [3.05, 3.63) is 27.6 Å². The molecule has 0 bridgehead atoms. The lowest BCUT2D eigenvalue weighted by Crippen LogP contribution is -2.24. The molecule has 0 saturated carbocycles. The highest BCUT2D eigenvalue weighted by Gasteiger charge is 2.16. The average Bonchev–Trinajstić information content (AvgIpc) is 2.53. The van der Waals surface area contributed by atoms with E-state index in [0.717, 1.165) is 20.3 Å². The lowest BCUT2D eigenvalue weighted by molar-refractivity contribution is -0.153. The Balaban J connectivity index is 2.14. The standard InChI is InChI=1S/C13H15IN2O2/c1-13(2,3)18-11(17)5-8-4-9-6-10(14)16-12(9)15-7-8/h4,6-7H,5H2,1-3H3,(H,15,16). The number of nitrogens with one attached hydrogen (secondary N) is 1. The normalized spacial score (nSPS) is 11.8. The number of carbonyl (C=O) groups excluding carboxylic acids is 1. The van der Waals surface area contributed by atoms with Gasteiger partial charge >= 0.3 is 5.97 Å². The van der Waals surface area contributed by atoms with Gasteiger partial charge in [-0.1, -0.05) is 0 Å². The quantitative estimate of drug-likeness (QED) is 0.663. The van der Waals surface area contributed by atoms with Gasteiger partial charge in [0.1, 0.15) is 11.2 Å². The van der Waals surface area contributed by atoms with Crippen LogP contribution in [0.25, 0.3) is 11.0 Å². The summed E-state index contributed by atoms with van der Waals surface area (Å²) in [5.41, 5.74) is 1.26. The molecule has 0 fully saturated rings. The van der Waals surface area contributed by atoms with Gasteiger partial charge in [-0.2, -0.15) is 0 Å². The molecule has 0 saturated heterocycles. The van der Waals surface area contributed by atoms with Gasteiger partial charge in [-0.25, -0.2) is 4.98 Å². The largest absolute Gasteiger partial charge is 0.460 e. The molecule has 2 rings (SSSR count). The lowest BCUT2D eigenvalue weighted by atomic mass is 10.1. The number of nitrogens with zero attached hydrogens (tertiary/aromatic N) is 1. The Bertz CT molecular complexity index is 584. The molecule has 4 nitrogen and oxygen atoms in total. The number of rotatable bonds is 2. The van der Waals surface area contributed by atoms with Gasteiger partial charge in [0.15, 0.2) is 0 Å². The predicted octanol–water partition coefficient (Wildman–Crippen LogP) is 3.05. The van der Waals surface area contributed by atoms with Crippen molar-refractivity contribution in [2.75, 3.05) is 0 Å². The number of fused-ring (bicyclic) bond motifs is 1. The number of ether oxygens (including phenoxy) is 1. The Kier molecular flexibility index (Phi) is 3.61. The van der Waals surface area contributed by atoms with Crippen molar-refractivity contribution in [2.24, 2.45) is 0 Å². The molecule has 0 aromatic carbocycles. The molecule has 18 heavy (non-hydrogen) atoms. The molecule has 5 heteroatoms. The highest BCUT2D eigenvalue weighted by molar-refractivity contribution is 14.1. The second kappa shape index (κ2) is 4.87. The first kappa shape index (κ1) is 13.3. The molecule has 96 valence electrons. The number of hydrogen-bond donors (Lipinski definition) is 1. The van der Waals surface area contributed by atoms with Crippen molar-refractivity contribution >= 4 is 39.6 Å². The summed E-state index contributed by atoms with van der Waals surface area (Å²) in [6, 6.07) is 3.96. The zero-order valence-electron chi connectivity index (χ0n) is 10.6. The minimum absolute atomic E-state index is 0.228. The summed E-state index contributed by atoms with van der Waals surface area (Å²) in [5, 5.41) is 1.01. The van der Waals surface area contributed by atoms with Gasteiger partial charge in [-0.3, -0.25) is 4.79 Å². The minimum Gasteiger partial charge on any atom is -0.460 e. The topological polar surface area (TPSA) is 55.0 Å². The van der Waals surface area contributed by atoms with E-state index in [1.807, 2.05) is 32.9 Å². The third-order valence-corrected chi connectivity index (χ3v) is 2.84. The molecule has 2 aromatic rings. The molecule has 0 aliphatic rings. The summed E-state index contributed by atoms with van der Waals surface area (Å²) in [6.45, 7) is 5.59. The molecular formula is C13H15IN2O2. The van der Waals surface area contributed by atoms with Crippen LogP contribution in [0.1, 0.15) is 26.3 Å². The summed E-state index contributed by atoms with van der Waals surface area (Å²) in [4.78, 5) is 19.1. The molecule has 0 atom stereocenters. The monoisotopic (exact) mass is 358 g/mol. The van der Waals surface area contributed by atoms with Crippen LogP contribution in [-0.2, 0) is 16.0 Å². The fourth-order valence-electron chi connectivity index (χ4n) is 1.67. The number of pyridine rings is 1. The van der Waals surface area contributed by atoms with Gasteiger partial charge in [0.25, 0.3) is 0 Å².